The maximum Gasteiger partial charge on any atom is 0.296 e. The number of nitrogens with zero attached hydrogens (tertiary/aromatic N) is 3. The van der Waals surface area contributed by atoms with Gasteiger partial charge in [-0.05, 0) is 31.5 Å². The van der Waals surface area contributed by atoms with Crippen LogP contribution in [0, 0.1) is 5.82 Å². The van der Waals surface area contributed by atoms with E-state index in [9.17, 15) is 23.9 Å². The van der Waals surface area contributed by atoms with E-state index in [0.29, 0.717) is 31.9 Å². The first-order chi connectivity index (χ1) is 15.7. The topological polar surface area (TPSA) is 123 Å². The Bertz CT molecular complexity index is 1160. The molecule has 0 unspecified atom stereocenters. The van der Waals surface area contributed by atoms with E-state index >= 15 is 0 Å². The van der Waals surface area contributed by atoms with E-state index in [0.717, 1.165) is 6.07 Å². The molecule has 2 aliphatic rings. The lowest BCUT2D eigenvalue weighted by Gasteiger charge is -2.32. The smallest absolute Gasteiger partial charge is 0.296 e. The van der Waals surface area contributed by atoms with Gasteiger partial charge < -0.3 is 24.8 Å². The van der Waals surface area contributed by atoms with Gasteiger partial charge in [0.25, 0.3) is 17.4 Å². The van der Waals surface area contributed by atoms with Gasteiger partial charge in [-0.3, -0.25) is 19.0 Å². The molecule has 2 N–H and O–H groups in total. The van der Waals surface area contributed by atoms with E-state index in [1.807, 2.05) is 0 Å². The number of hydrogen-bond acceptors (Lipinski definition) is 7. The fourth-order valence-corrected chi connectivity index (χ4v) is 3.92. The summed E-state index contributed by atoms with van der Waals surface area (Å²) >= 11 is 0. The van der Waals surface area contributed by atoms with Crippen LogP contribution in [-0.4, -0.2) is 64.3 Å². The van der Waals surface area contributed by atoms with E-state index in [1.54, 1.807) is 18.7 Å². The van der Waals surface area contributed by atoms with Crippen molar-refractivity contribution in [2.75, 3.05) is 32.9 Å². The van der Waals surface area contributed by atoms with Crippen LogP contribution in [-0.2, 0) is 28.2 Å². The number of morpholine rings is 1. The molecule has 10 nitrogen and oxygen atoms in total. The first-order valence-corrected chi connectivity index (χ1v) is 10.6. The van der Waals surface area contributed by atoms with Gasteiger partial charge in [-0.25, -0.2) is 9.37 Å². The standard InChI is InChI=1S/C22H25FN4O6/c1-22(2)21-25-16(17(28)20(31)27(21)7-10-33-22)18(29)24-12-13-3-4-14(23)11-15(13)19(30)26-5-8-32-9-6-26/h3-4,11,28H,5-10,12H2,1-2H3,(H,24,29). The number of benzene rings is 1. The molecule has 0 bridgehead atoms. The Morgan fingerprint density at radius 1 is 1.21 bits per heavy atom. The highest BCUT2D eigenvalue weighted by atomic mass is 19.1. The second-order valence-electron chi connectivity index (χ2n) is 8.34. The number of hydrogen-bond donors (Lipinski definition) is 2. The van der Waals surface area contributed by atoms with Crippen molar-refractivity contribution in [1.82, 2.24) is 19.8 Å². The number of halogens is 1. The van der Waals surface area contributed by atoms with Crippen molar-refractivity contribution in [3.8, 4) is 5.75 Å². The van der Waals surface area contributed by atoms with Crippen LogP contribution in [0.15, 0.2) is 23.0 Å². The Morgan fingerprint density at radius 3 is 2.67 bits per heavy atom. The van der Waals surface area contributed by atoms with E-state index in [-0.39, 0.29) is 37.0 Å². The van der Waals surface area contributed by atoms with E-state index in [1.165, 1.54) is 16.7 Å². The van der Waals surface area contributed by atoms with Crippen LogP contribution in [0.1, 0.15) is 46.1 Å². The van der Waals surface area contributed by atoms with Crippen LogP contribution in [0.2, 0.25) is 0 Å². The molecular weight excluding hydrogens is 435 g/mol. The highest BCUT2D eigenvalue weighted by Gasteiger charge is 2.34. The largest absolute Gasteiger partial charge is 0.501 e. The van der Waals surface area contributed by atoms with Crippen LogP contribution in [0.25, 0.3) is 0 Å². The summed E-state index contributed by atoms with van der Waals surface area (Å²) in [5, 5.41) is 12.9. The monoisotopic (exact) mass is 460 g/mol. The normalized spacial score (nSPS) is 17.4. The number of aromatic hydroxyl groups is 1. The van der Waals surface area contributed by atoms with Gasteiger partial charge in [0, 0.05) is 25.2 Å². The van der Waals surface area contributed by atoms with Crippen molar-refractivity contribution in [2.45, 2.75) is 32.5 Å². The third-order valence-corrected chi connectivity index (χ3v) is 5.72. The van der Waals surface area contributed by atoms with Crippen LogP contribution < -0.4 is 10.9 Å². The van der Waals surface area contributed by atoms with Crippen LogP contribution in [0.3, 0.4) is 0 Å². The minimum Gasteiger partial charge on any atom is -0.501 e. The third-order valence-electron chi connectivity index (χ3n) is 5.72. The molecule has 0 radical (unpaired) electrons. The van der Waals surface area contributed by atoms with Crippen LogP contribution in [0.5, 0.6) is 5.75 Å². The summed E-state index contributed by atoms with van der Waals surface area (Å²) in [5.41, 5.74) is -1.58. The number of aromatic nitrogens is 2. The number of rotatable bonds is 4. The van der Waals surface area contributed by atoms with Crippen LogP contribution >= 0.6 is 0 Å². The first-order valence-electron chi connectivity index (χ1n) is 10.6. The summed E-state index contributed by atoms with van der Waals surface area (Å²) < 4.78 is 26.1. The summed E-state index contributed by atoms with van der Waals surface area (Å²) in [4.78, 5) is 44.1. The molecule has 1 aromatic carbocycles. The Kier molecular flexibility index (Phi) is 6.17. The average Bonchev–Trinajstić information content (AvgIpc) is 2.80. The van der Waals surface area contributed by atoms with Gasteiger partial charge in [0.2, 0.25) is 5.75 Å². The number of ether oxygens (including phenoxy) is 2. The zero-order valence-electron chi connectivity index (χ0n) is 18.4. The predicted octanol–water partition coefficient (Wildman–Crippen LogP) is 0.756. The van der Waals surface area contributed by atoms with Crippen molar-refractivity contribution in [1.29, 1.82) is 0 Å². The average molecular weight is 460 g/mol. The van der Waals surface area contributed by atoms with Crippen molar-refractivity contribution >= 4 is 11.8 Å². The molecule has 2 amide bonds. The molecule has 0 spiro atoms. The van der Waals surface area contributed by atoms with Crippen molar-refractivity contribution < 1.29 is 28.6 Å². The fourth-order valence-electron chi connectivity index (χ4n) is 3.92. The summed E-state index contributed by atoms with van der Waals surface area (Å²) in [7, 11) is 0. The number of amides is 2. The number of fused-ring (bicyclic) bond motifs is 1. The third kappa shape index (κ3) is 4.46. The Morgan fingerprint density at radius 2 is 1.94 bits per heavy atom. The van der Waals surface area contributed by atoms with Gasteiger partial charge in [0.15, 0.2) is 5.69 Å². The van der Waals surface area contributed by atoms with Gasteiger partial charge in [0.05, 0.1) is 26.4 Å². The summed E-state index contributed by atoms with van der Waals surface area (Å²) in [6.45, 7) is 5.34. The number of carbonyl (C=O) groups excluding carboxylic acids is 2. The molecule has 2 aromatic rings. The maximum absolute atomic E-state index is 13.9. The molecule has 0 saturated carbocycles. The first kappa shape index (κ1) is 22.9. The maximum atomic E-state index is 13.9. The molecule has 1 fully saturated rings. The Balaban J connectivity index is 1.58. The summed E-state index contributed by atoms with van der Waals surface area (Å²) in [6.07, 6.45) is 0. The predicted molar refractivity (Wildman–Crippen MR) is 113 cm³/mol. The number of nitrogens with one attached hydrogen (secondary N) is 1. The van der Waals surface area contributed by atoms with Gasteiger partial charge in [-0.1, -0.05) is 6.07 Å². The highest BCUT2D eigenvalue weighted by Crippen LogP contribution is 2.27. The molecule has 33 heavy (non-hydrogen) atoms. The summed E-state index contributed by atoms with van der Waals surface area (Å²) in [5.74, 6) is -2.28. The zero-order chi connectivity index (χ0) is 23.8. The summed E-state index contributed by atoms with van der Waals surface area (Å²) in [6, 6.07) is 3.73. The minimum absolute atomic E-state index is 0.120. The molecule has 4 rings (SSSR count). The molecule has 2 aliphatic heterocycles. The molecule has 176 valence electrons. The van der Waals surface area contributed by atoms with Crippen molar-refractivity contribution in [2.24, 2.45) is 0 Å². The fraction of sp³-hybridized carbons (Fsp3) is 0.455. The van der Waals surface area contributed by atoms with Gasteiger partial charge in [-0.2, -0.15) is 0 Å². The SMILES string of the molecule is CC1(C)OCCn2c1nc(C(=O)NCc1ccc(F)cc1C(=O)N1CCOCC1)c(O)c2=O. The minimum atomic E-state index is -0.922. The molecule has 1 saturated heterocycles. The molecule has 0 aliphatic carbocycles. The van der Waals surface area contributed by atoms with Gasteiger partial charge in [-0.15, -0.1) is 0 Å². The Hall–Kier alpha value is -3.31. The molecule has 11 heteroatoms. The molecular formula is C22H25FN4O6. The van der Waals surface area contributed by atoms with Gasteiger partial charge >= 0.3 is 0 Å². The van der Waals surface area contributed by atoms with E-state index in [4.69, 9.17) is 9.47 Å². The van der Waals surface area contributed by atoms with Crippen molar-refractivity contribution in [3.63, 3.8) is 0 Å². The molecule has 3 heterocycles. The highest BCUT2D eigenvalue weighted by molar-refractivity contribution is 5.97. The lowest BCUT2D eigenvalue weighted by Crippen LogP contribution is -2.42. The van der Waals surface area contributed by atoms with Crippen molar-refractivity contribution in [3.05, 3.63) is 57.0 Å². The molecule has 1 aromatic heterocycles. The molecule has 0 atom stereocenters. The van der Waals surface area contributed by atoms with E-state index < -0.39 is 34.3 Å². The van der Waals surface area contributed by atoms with E-state index in [2.05, 4.69) is 10.3 Å². The lowest BCUT2D eigenvalue weighted by molar-refractivity contribution is -0.0566. The second kappa shape index (κ2) is 8.91. The Labute approximate surface area is 188 Å². The number of carbonyl (C=O) groups is 2. The zero-order valence-corrected chi connectivity index (χ0v) is 18.4. The van der Waals surface area contributed by atoms with Crippen LogP contribution in [0.4, 0.5) is 4.39 Å². The van der Waals surface area contributed by atoms with Gasteiger partial charge in [0.1, 0.15) is 17.2 Å². The second-order valence-corrected chi connectivity index (χ2v) is 8.34. The quantitative estimate of drug-likeness (QED) is 0.690. The lowest BCUT2D eigenvalue weighted by atomic mass is 10.1.